The molecule has 4 nitrogen and oxygen atoms in total. The molecule has 2 heterocycles. The minimum absolute atomic E-state index is 0.100. The first kappa shape index (κ1) is 12.6. The van der Waals surface area contributed by atoms with E-state index >= 15 is 0 Å². The molecule has 0 saturated carbocycles. The lowest BCUT2D eigenvalue weighted by Gasteiger charge is -2.20. The van der Waals surface area contributed by atoms with Crippen molar-refractivity contribution in [3.05, 3.63) is 56.1 Å². The van der Waals surface area contributed by atoms with E-state index in [4.69, 9.17) is 0 Å². The van der Waals surface area contributed by atoms with E-state index in [1.807, 2.05) is 11.4 Å². The summed E-state index contributed by atoms with van der Waals surface area (Å²) < 4.78 is 1.68. The summed E-state index contributed by atoms with van der Waals surface area (Å²) in [6.45, 7) is 3.50. The van der Waals surface area contributed by atoms with Crippen LogP contribution in [0.5, 0.6) is 0 Å². The predicted molar refractivity (Wildman–Crippen MR) is 70.3 cm³/mol. The molecular formula is C13H13NO3S. The Morgan fingerprint density at radius 3 is 2.39 bits per heavy atom. The average molecular weight is 263 g/mol. The fourth-order valence-electron chi connectivity index (χ4n) is 2.08. The number of rotatable bonds is 3. The molecule has 0 saturated heterocycles. The Morgan fingerprint density at radius 1 is 1.33 bits per heavy atom. The maximum Gasteiger partial charge on any atom is 0.332 e. The van der Waals surface area contributed by atoms with Crippen molar-refractivity contribution in [1.82, 2.24) is 4.57 Å². The molecule has 0 aliphatic heterocycles. The van der Waals surface area contributed by atoms with Crippen LogP contribution < -0.4 is 5.43 Å². The van der Waals surface area contributed by atoms with Gasteiger partial charge in [-0.05, 0) is 25.3 Å². The molecule has 2 rings (SSSR count). The van der Waals surface area contributed by atoms with E-state index in [1.165, 1.54) is 23.5 Å². The number of carboxylic acids is 1. The number of hydrogen-bond donors (Lipinski definition) is 1. The van der Waals surface area contributed by atoms with E-state index < -0.39 is 12.0 Å². The predicted octanol–water partition coefficient (Wildman–Crippen LogP) is 2.20. The summed E-state index contributed by atoms with van der Waals surface area (Å²) in [5, 5.41) is 11.3. The van der Waals surface area contributed by atoms with Crippen molar-refractivity contribution in [2.45, 2.75) is 19.9 Å². The number of hydrogen-bond acceptors (Lipinski definition) is 3. The number of carboxylic acid groups (broad SMARTS) is 1. The van der Waals surface area contributed by atoms with Gasteiger partial charge < -0.3 is 9.67 Å². The average Bonchev–Trinajstić information content (AvgIpc) is 2.75. The normalized spacial score (nSPS) is 12.3. The van der Waals surface area contributed by atoms with Crippen LogP contribution in [0.15, 0.2) is 34.4 Å². The number of aryl methyl sites for hydroxylation is 2. The van der Waals surface area contributed by atoms with Gasteiger partial charge in [-0.3, -0.25) is 4.79 Å². The molecule has 94 valence electrons. The highest BCUT2D eigenvalue weighted by Gasteiger charge is 2.24. The summed E-state index contributed by atoms with van der Waals surface area (Å²) in [7, 11) is 0. The highest BCUT2D eigenvalue weighted by Crippen LogP contribution is 2.25. The number of nitrogens with zero attached hydrogens (tertiary/aromatic N) is 1. The van der Waals surface area contributed by atoms with Crippen LogP contribution in [0.3, 0.4) is 0 Å². The zero-order chi connectivity index (χ0) is 13.3. The van der Waals surface area contributed by atoms with E-state index in [-0.39, 0.29) is 5.43 Å². The van der Waals surface area contributed by atoms with Crippen molar-refractivity contribution >= 4 is 17.3 Å². The van der Waals surface area contributed by atoms with Gasteiger partial charge in [-0.2, -0.15) is 0 Å². The standard InChI is InChI=1S/C13H13NO3S/c1-8-6-10(15)7-9(2)14(8)12(13(16)17)11-4-3-5-18-11/h3-7,12H,1-2H3,(H,16,17). The molecule has 18 heavy (non-hydrogen) atoms. The van der Waals surface area contributed by atoms with Gasteiger partial charge in [-0.25, -0.2) is 4.79 Å². The molecule has 0 amide bonds. The minimum atomic E-state index is -0.924. The smallest absolute Gasteiger partial charge is 0.332 e. The molecule has 0 aromatic carbocycles. The van der Waals surface area contributed by atoms with Crippen molar-refractivity contribution in [1.29, 1.82) is 0 Å². The second-order valence-corrected chi connectivity index (χ2v) is 5.08. The van der Waals surface area contributed by atoms with Crippen LogP contribution in [0.1, 0.15) is 22.3 Å². The molecule has 1 atom stereocenters. The van der Waals surface area contributed by atoms with Crippen molar-refractivity contribution in [3.63, 3.8) is 0 Å². The van der Waals surface area contributed by atoms with Gasteiger partial charge in [0.25, 0.3) is 0 Å². The molecule has 2 aromatic rings. The lowest BCUT2D eigenvalue weighted by Crippen LogP contribution is -2.25. The zero-order valence-corrected chi connectivity index (χ0v) is 10.9. The van der Waals surface area contributed by atoms with Gasteiger partial charge in [0.15, 0.2) is 11.5 Å². The summed E-state index contributed by atoms with van der Waals surface area (Å²) in [6.07, 6.45) is 0. The second kappa shape index (κ2) is 4.78. The second-order valence-electron chi connectivity index (χ2n) is 4.10. The number of aromatic nitrogens is 1. The lowest BCUT2D eigenvalue weighted by atomic mass is 10.2. The summed E-state index contributed by atoms with van der Waals surface area (Å²) >= 11 is 1.40. The maximum absolute atomic E-state index is 11.5. The van der Waals surface area contributed by atoms with E-state index in [9.17, 15) is 14.7 Å². The first-order valence-electron chi connectivity index (χ1n) is 5.46. The molecule has 0 spiro atoms. The summed E-state index contributed by atoms with van der Waals surface area (Å²) in [4.78, 5) is 23.6. The third-order valence-electron chi connectivity index (χ3n) is 2.77. The Hall–Kier alpha value is -1.88. The summed E-state index contributed by atoms with van der Waals surface area (Å²) in [5.41, 5.74) is 1.21. The van der Waals surface area contributed by atoms with E-state index in [0.717, 1.165) is 4.88 Å². The van der Waals surface area contributed by atoms with Crippen LogP contribution in [-0.4, -0.2) is 15.6 Å². The quantitative estimate of drug-likeness (QED) is 0.923. The highest BCUT2D eigenvalue weighted by molar-refractivity contribution is 7.10. The van der Waals surface area contributed by atoms with Gasteiger partial charge in [0, 0.05) is 28.4 Å². The number of aliphatic carboxylic acids is 1. The molecular weight excluding hydrogens is 250 g/mol. The Morgan fingerprint density at radius 2 is 1.94 bits per heavy atom. The Bertz CT molecular complexity index is 602. The third-order valence-corrected chi connectivity index (χ3v) is 3.69. The van der Waals surface area contributed by atoms with Crippen LogP contribution in [0.4, 0.5) is 0 Å². The number of pyridine rings is 1. The molecule has 2 aromatic heterocycles. The Labute approximate surface area is 108 Å². The first-order valence-corrected chi connectivity index (χ1v) is 6.34. The molecule has 0 aliphatic rings. The SMILES string of the molecule is Cc1cc(=O)cc(C)n1C(C(=O)O)c1cccs1. The molecule has 0 radical (unpaired) electrons. The largest absolute Gasteiger partial charge is 0.479 e. The minimum Gasteiger partial charge on any atom is -0.479 e. The van der Waals surface area contributed by atoms with Gasteiger partial charge >= 0.3 is 5.97 Å². The fourth-order valence-corrected chi connectivity index (χ4v) is 2.89. The summed E-state index contributed by atoms with van der Waals surface area (Å²) in [6, 6.07) is 5.75. The van der Waals surface area contributed by atoms with Gasteiger partial charge in [0.05, 0.1) is 0 Å². The third kappa shape index (κ3) is 2.22. The van der Waals surface area contributed by atoms with E-state index in [2.05, 4.69) is 0 Å². The van der Waals surface area contributed by atoms with Crippen molar-refractivity contribution in [2.75, 3.05) is 0 Å². The molecule has 0 aliphatic carbocycles. The topological polar surface area (TPSA) is 59.3 Å². The molecule has 0 fully saturated rings. The Kier molecular flexibility index (Phi) is 3.34. The van der Waals surface area contributed by atoms with Crippen LogP contribution in [0, 0.1) is 13.8 Å². The van der Waals surface area contributed by atoms with Crippen molar-refractivity contribution in [2.24, 2.45) is 0 Å². The fraction of sp³-hybridized carbons (Fsp3) is 0.231. The molecule has 5 heteroatoms. The van der Waals surface area contributed by atoms with E-state index in [1.54, 1.807) is 24.5 Å². The van der Waals surface area contributed by atoms with Crippen molar-refractivity contribution in [3.8, 4) is 0 Å². The number of carbonyl (C=O) groups is 1. The van der Waals surface area contributed by atoms with Gasteiger partial charge in [-0.15, -0.1) is 11.3 Å². The lowest BCUT2D eigenvalue weighted by molar-refractivity contribution is -0.139. The highest BCUT2D eigenvalue weighted by atomic mass is 32.1. The van der Waals surface area contributed by atoms with Gasteiger partial charge in [0.2, 0.25) is 0 Å². The van der Waals surface area contributed by atoms with Crippen LogP contribution >= 0.6 is 11.3 Å². The van der Waals surface area contributed by atoms with Crippen LogP contribution in [0.2, 0.25) is 0 Å². The first-order chi connectivity index (χ1) is 8.50. The molecule has 0 bridgehead atoms. The Balaban J connectivity index is 2.64. The van der Waals surface area contributed by atoms with Crippen LogP contribution in [-0.2, 0) is 4.79 Å². The maximum atomic E-state index is 11.5. The van der Waals surface area contributed by atoms with Crippen LogP contribution in [0.25, 0.3) is 0 Å². The summed E-state index contributed by atoms with van der Waals surface area (Å²) in [5.74, 6) is -0.924. The van der Waals surface area contributed by atoms with Crippen molar-refractivity contribution < 1.29 is 9.90 Å². The monoisotopic (exact) mass is 263 g/mol. The van der Waals surface area contributed by atoms with Gasteiger partial charge in [0.1, 0.15) is 0 Å². The van der Waals surface area contributed by atoms with E-state index in [0.29, 0.717) is 11.4 Å². The molecule has 1 N–H and O–H groups in total. The van der Waals surface area contributed by atoms with Gasteiger partial charge in [-0.1, -0.05) is 6.07 Å². The zero-order valence-electron chi connectivity index (χ0n) is 10.1. The number of thiophene rings is 1. The molecule has 1 unspecified atom stereocenters.